The van der Waals surface area contributed by atoms with Crippen molar-refractivity contribution in [2.75, 3.05) is 13.2 Å². The van der Waals surface area contributed by atoms with E-state index in [1.165, 1.54) is 19.3 Å². The molecule has 1 heteroatoms. The van der Waals surface area contributed by atoms with E-state index in [9.17, 15) is 0 Å². The first-order chi connectivity index (χ1) is 6.07. The van der Waals surface area contributed by atoms with Gasteiger partial charge in [-0.2, -0.15) is 0 Å². The highest BCUT2D eigenvalue weighted by Crippen LogP contribution is 2.47. The van der Waals surface area contributed by atoms with Gasteiger partial charge in [0.25, 0.3) is 0 Å². The highest BCUT2D eigenvalue weighted by Gasteiger charge is 2.34. The maximum absolute atomic E-state index is 5.17. The first kappa shape index (κ1) is 11.0. The molecule has 0 N–H and O–H groups in total. The van der Waals surface area contributed by atoms with Crippen LogP contribution in [0.2, 0.25) is 0 Å². The fourth-order valence-electron chi connectivity index (χ4n) is 1.34. The Morgan fingerprint density at radius 2 is 1.62 bits per heavy atom. The molecule has 0 aromatic heterocycles. The number of hydrogen-bond acceptors (Lipinski definition) is 1. The van der Waals surface area contributed by atoms with Crippen LogP contribution in [0.5, 0.6) is 0 Å². The van der Waals surface area contributed by atoms with Gasteiger partial charge in [0.2, 0.25) is 0 Å². The Kier molecular flexibility index (Phi) is 3.78. The van der Waals surface area contributed by atoms with E-state index in [0.717, 1.165) is 30.5 Å². The van der Waals surface area contributed by atoms with Crippen molar-refractivity contribution in [1.82, 2.24) is 0 Å². The van der Waals surface area contributed by atoms with Crippen molar-refractivity contribution in [2.24, 2.45) is 17.3 Å². The second-order valence-corrected chi connectivity index (χ2v) is 5.16. The summed E-state index contributed by atoms with van der Waals surface area (Å²) in [6.45, 7) is 11.0. The van der Waals surface area contributed by atoms with Crippen molar-refractivity contribution in [1.29, 1.82) is 0 Å². The first-order valence-electron chi connectivity index (χ1n) is 5.65. The molecule has 0 radical (unpaired) electrons. The maximum atomic E-state index is 5.17. The first-order valence-corrected chi connectivity index (χ1v) is 5.65. The standard InChI is InChI=1S/C6H12O.C6H12/c1-5-3-7-4-6(5)2;1-3-6(2)4-5-6/h5-6H,3-4H2,1-2H3;3-5H2,1-2H3/t5-,6+;. The van der Waals surface area contributed by atoms with Crippen molar-refractivity contribution >= 4 is 0 Å². The van der Waals surface area contributed by atoms with Gasteiger partial charge in [0.1, 0.15) is 0 Å². The monoisotopic (exact) mass is 184 g/mol. The van der Waals surface area contributed by atoms with Crippen LogP contribution in [0.25, 0.3) is 0 Å². The Morgan fingerprint density at radius 1 is 1.15 bits per heavy atom. The molecule has 0 aromatic rings. The van der Waals surface area contributed by atoms with Gasteiger partial charge < -0.3 is 4.74 Å². The lowest BCUT2D eigenvalue weighted by Gasteiger charge is -2.01. The Morgan fingerprint density at radius 3 is 1.69 bits per heavy atom. The molecule has 2 rings (SSSR count). The maximum Gasteiger partial charge on any atom is 0.0495 e. The number of rotatable bonds is 1. The molecule has 1 aliphatic heterocycles. The van der Waals surface area contributed by atoms with Crippen molar-refractivity contribution < 1.29 is 4.74 Å². The van der Waals surface area contributed by atoms with Gasteiger partial charge in [-0.25, -0.2) is 0 Å². The summed E-state index contributed by atoms with van der Waals surface area (Å²) in [6, 6.07) is 0. The Hall–Kier alpha value is -0.0400. The molecule has 1 saturated heterocycles. The molecule has 2 aliphatic rings. The molecule has 2 fully saturated rings. The van der Waals surface area contributed by atoms with Gasteiger partial charge in [-0.05, 0) is 30.1 Å². The van der Waals surface area contributed by atoms with E-state index in [0.29, 0.717) is 0 Å². The van der Waals surface area contributed by atoms with Gasteiger partial charge in [-0.15, -0.1) is 0 Å². The molecule has 0 unspecified atom stereocenters. The van der Waals surface area contributed by atoms with Crippen LogP contribution in [-0.2, 0) is 4.74 Å². The molecule has 0 aromatic carbocycles. The summed E-state index contributed by atoms with van der Waals surface area (Å²) in [6.07, 6.45) is 4.33. The Bertz CT molecular complexity index is 141. The minimum absolute atomic E-state index is 0.792. The molecule has 1 aliphatic carbocycles. The van der Waals surface area contributed by atoms with E-state index in [1.54, 1.807) is 0 Å². The average Bonchev–Trinajstić information content (AvgIpc) is 2.75. The molecular formula is C12H24O. The normalized spacial score (nSPS) is 35.1. The molecule has 0 spiro atoms. The molecule has 13 heavy (non-hydrogen) atoms. The molecule has 78 valence electrons. The Balaban J connectivity index is 0.000000132. The van der Waals surface area contributed by atoms with Crippen molar-refractivity contribution in [3.8, 4) is 0 Å². The minimum Gasteiger partial charge on any atom is -0.381 e. The highest BCUT2D eigenvalue weighted by atomic mass is 16.5. The van der Waals surface area contributed by atoms with Crippen LogP contribution in [0.15, 0.2) is 0 Å². The van der Waals surface area contributed by atoms with Gasteiger partial charge in [0, 0.05) is 13.2 Å². The van der Waals surface area contributed by atoms with E-state index >= 15 is 0 Å². The SMILES string of the molecule is CCC1(C)CC1.C[C@@H]1COC[C@@H]1C. The molecule has 0 bridgehead atoms. The van der Waals surface area contributed by atoms with Crippen LogP contribution >= 0.6 is 0 Å². The van der Waals surface area contributed by atoms with Crippen LogP contribution in [0.4, 0.5) is 0 Å². The Labute approximate surface area is 82.9 Å². The fraction of sp³-hybridized carbons (Fsp3) is 1.00. The third-order valence-electron chi connectivity index (χ3n) is 3.69. The second kappa shape index (κ2) is 4.45. The summed E-state index contributed by atoms with van der Waals surface area (Å²) in [7, 11) is 0. The van der Waals surface area contributed by atoms with Gasteiger partial charge in [-0.1, -0.05) is 34.1 Å². The predicted octanol–water partition coefficient (Wildman–Crippen LogP) is 3.49. The largest absolute Gasteiger partial charge is 0.381 e. The van der Waals surface area contributed by atoms with Crippen LogP contribution in [-0.4, -0.2) is 13.2 Å². The number of ether oxygens (including phenoxy) is 1. The second-order valence-electron chi connectivity index (χ2n) is 5.16. The van der Waals surface area contributed by atoms with Crippen LogP contribution in [0.3, 0.4) is 0 Å². The molecule has 1 saturated carbocycles. The summed E-state index contributed by atoms with van der Waals surface area (Å²) in [5.41, 5.74) is 0.792. The molecule has 2 atom stereocenters. The van der Waals surface area contributed by atoms with Gasteiger partial charge in [0.05, 0.1) is 0 Å². The summed E-state index contributed by atoms with van der Waals surface area (Å²) < 4.78 is 5.17. The average molecular weight is 184 g/mol. The summed E-state index contributed by atoms with van der Waals surface area (Å²) >= 11 is 0. The van der Waals surface area contributed by atoms with E-state index in [2.05, 4.69) is 27.7 Å². The number of hydrogen-bond donors (Lipinski definition) is 0. The van der Waals surface area contributed by atoms with Crippen molar-refractivity contribution in [3.63, 3.8) is 0 Å². The van der Waals surface area contributed by atoms with Crippen molar-refractivity contribution in [2.45, 2.75) is 47.0 Å². The summed E-state index contributed by atoms with van der Waals surface area (Å²) in [4.78, 5) is 0. The summed E-state index contributed by atoms with van der Waals surface area (Å²) in [5.74, 6) is 1.58. The van der Waals surface area contributed by atoms with Crippen LogP contribution < -0.4 is 0 Å². The predicted molar refractivity (Wildman–Crippen MR) is 56.8 cm³/mol. The van der Waals surface area contributed by atoms with E-state index in [1.807, 2.05) is 0 Å². The molecule has 0 amide bonds. The molecule has 1 nitrogen and oxygen atoms in total. The van der Waals surface area contributed by atoms with Crippen LogP contribution in [0, 0.1) is 17.3 Å². The lowest BCUT2D eigenvalue weighted by atomic mass is 10.0. The zero-order chi connectivity index (χ0) is 9.90. The van der Waals surface area contributed by atoms with Gasteiger partial charge in [-0.3, -0.25) is 0 Å². The smallest absolute Gasteiger partial charge is 0.0495 e. The van der Waals surface area contributed by atoms with E-state index in [-0.39, 0.29) is 0 Å². The third-order valence-corrected chi connectivity index (χ3v) is 3.69. The topological polar surface area (TPSA) is 9.23 Å². The van der Waals surface area contributed by atoms with Gasteiger partial charge in [0.15, 0.2) is 0 Å². The van der Waals surface area contributed by atoms with Crippen LogP contribution in [0.1, 0.15) is 47.0 Å². The molecular weight excluding hydrogens is 160 g/mol. The highest BCUT2D eigenvalue weighted by molar-refractivity contribution is 4.86. The summed E-state index contributed by atoms with van der Waals surface area (Å²) in [5, 5.41) is 0. The minimum atomic E-state index is 0.792. The third kappa shape index (κ3) is 3.68. The lowest BCUT2D eigenvalue weighted by molar-refractivity contribution is 0.183. The van der Waals surface area contributed by atoms with E-state index < -0.39 is 0 Å². The quantitative estimate of drug-likeness (QED) is 0.606. The van der Waals surface area contributed by atoms with Gasteiger partial charge >= 0.3 is 0 Å². The van der Waals surface area contributed by atoms with E-state index in [4.69, 9.17) is 4.74 Å². The zero-order valence-corrected chi connectivity index (χ0v) is 9.60. The zero-order valence-electron chi connectivity index (χ0n) is 9.60. The lowest BCUT2D eigenvalue weighted by Crippen LogP contribution is -2.01. The molecule has 1 heterocycles. The fourth-order valence-corrected chi connectivity index (χ4v) is 1.34. The van der Waals surface area contributed by atoms with Crippen molar-refractivity contribution in [3.05, 3.63) is 0 Å².